The summed E-state index contributed by atoms with van der Waals surface area (Å²) in [5, 5.41) is 8.56. The molecule has 2 aromatic heterocycles. The normalized spacial score (nSPS) is 14.4. The molecule has 4 rings (SSSR count). The zero-order valence-electron chi connectivity index (χ0n) is 14.3. The Morgan fingerprint density at radius 1 is 1.04 bits per heavy atom. The van der Waals surface area contributed by atoms with Gasteiger partial charge < -0.3 is 14.2 Å². The predicted octanol–water partition coefficient (Wildman–Crippen LogP) is 3.49. The van der Waals surface area contributed by atoms with E-state index in [0.29, 0.717) is 37.6 Å². The molecule has 0 aliphatic carbocycles. The van der Waals surface area contributed by atoms with Crippen LogP contribution >= 0.6 is 11.6 Å². The quantitative estimate of drug-likeness (QED) is 0.689. The van der Waals surface area contributed by atoms with Gasteiger partial charge in [0.05, 0.1) is 16.8 Å². The number of rotatable bonds is 3. The fourth-order valence-electron chi connectivity index (χ4n) is 3.05. The van der Waals surface area contributed by atoms with Gasteiger partial charge in [-0.25, -0.2) is 4.39 Å². The molecule has 1 aliphatic rings. The fraction of sp³-hybridized carbons (Fsp3) is 0.211. The first-order valence-electron chi connectivity index (χ1n) is 8.49. The van der Waals surface area contributed by atoms with Gasteiger partial charge in [-0.3, -0.25) is 4.79 Å². The fourth-order valence-corrected chi connectivity index (χ4v) is 3.29. The Labute approximate surface area is 160 Å². The SMILES string of the molecule is O=C(c1c(F)cccc1Cl)N1CCN(c2ccc(-c3ccco3)nn2)CC1. The summed E-state index contributed by atoms with van der Waals surface area (Å²) in [6.07, 6.45) is 1.59. The second-order valence-corrected chi connectivity index (χ2v) is 6.54. The lowest BCUT2D eigenvalue weighted by atomic mass is 10.1. The van der Waals surface area contributed by atoms with Crippen molar-refractivity contribution in [3.05, 3.63) is 65.1 Å². The highest BCUT2D eigenvalue weighted by molar-refractivity contribution is 6.33. The van der Waals surface area contributed by atoms with Crippen molar-refractivity contribution in [2.45, 2.75) is 0 Å². The Kier molecular flexibility index (Phi) is 4.77. The van der Waals surface area contributed by atoms with E-state index in [-0.39, 0.29) is 10.6 Å². The summed E-state index contributed by atoms with van der Waals surface area (Å²) < 4.78 is 19.3. The van der Waals surface area contributed by atoms with Crippen LogP contribution < -0.4 is 4.90 Å². The third kappa shape index (κ3) is 3.50. The average molecular weight is 387 g/mol. The van der Waals surface area contributed by atoms with E-state index < -0.39 is 11.7 Å². The van der Waals surface area contributed by atoms with Crippen LogP contribution in [0.5, 0.6) is 0 Å². The molecule has 1 saturated heterocycles. The first kappa shape index (κ1) is 17.5. The van der Waals surface area contributed by atoms with E-state index in [1.807, 2.05) is 23.1 Å². The third-order valence-electron chi connectivity index (χ3n) is 4.49. The van der Waals surface area contributed by atoms with Gasteiger partial charge in [0.25, 0.3) is 5.91 Å². The predicted molar refractivity (Wildman–Crippen MR) is 99.3 cm³/mol. The maximum atomic E-state index is 14.0. The number of halogens is 2. The minimum atomic E-state index is -0.602. The molecule has 3 heterocycles. The third-order valence-corrected chi connectivity index (χ3v) is 4.81. The van der Waals surface area contributed by atoms with E-state index in [9.17, 15) is 9.18 Å². The van der Waals surface area contributed by atoms with Crippen LogP contribution in [0, 0.1) is 5.82 Å². The number of nitrogens with zero attached hydrogens (tertiary/aromatic N) is 4. The first-order chi connectivity index (χ1) is 13.1. The summed E-state index contributed by atoms with van der Waals surface area (Å²) in [5.41, 5.74) is 0.585. The molecule has 1 fully saturated rings. The number of furan rings is 1. The van der Waals surface area contributed by atoms with Gasteiger partial charge in [-0.2, -0.15) is 0 Å². The highest BCUT2D eigenvalue weighted by atomic mass is 35.5. The number of benzene rings is 1. The number of carbonyl (C=O) groups excluding carboxylic acids is 1. The smallest absolute Gasteiger partial charge is 0.258 e. The monoisotopic (exact) mass is 386 g/mol. The molecular formula is C19H16ClFN4O2. The number of hydrogen-bond acceptors (Lipinski definition) is 5. The van der Waals surface area contributed by atoms with Gasteiger partial charge in [-0.15, -0.1) is 10.2 Å². The molecule has 1 aliphatic heterocycles. The van der Waals surface area contributed by atoms with Gasteiger partial charge in [-0.1, -0.05) is 17.7 Å². The van der Waals surface area contributed by atoms with E-state index in [0.717, 1.165) is 5.82 Å². The highest BCUT2D eigenvalue weighted by Crippen LogP contribution is 2.23. The molecule has 0 spiro atoms. The van der Waals surface area contributed by atoms with E-state index in [4.69, 9.17) is 16.0 Å². The van der Waals surface area contributed by atoms with Gasteiger partial charge >= 0.3 is 0 Å². The van der Waals surface area contributed by atoms with E-state index >= 15 is 0 Å². The number of piperazine rings is 1. The molecule has 3 aromatic rings. The van der Waals surface area contributed by atoms with Crippen molar-refractivity contribution in [2.75, 3.05) is 31.1 Å². The lowest BCUT2D eigenvalue weighted by Gasteiger charge is -2.35. The van der Waals surface area contributed by atoms with Gasteiger partial charge in [0.2, 0.25) is 0 Å². The minimum absolute atomic E-state index is 0.0739. The Balaban J connectivity index is 1.42. The van der Waals surface area contributed by atoms with Gasteiger partial charge in [-0.05, 0) is 36.4 Å². The number of carbonyl (C=O) groups is 1. The molecule has 0 N–H and O–H groups in total. The Morgan fingerprint density at radius 2 is 1.85 bits per heavy atom. The van der Waals surface area contributed by atoms with Crippen LogP contribution in [0.15, 0.2) is 53.1 Å². The summed E-state index contributed by atoms with van der Waals surface area (Å²) in [7, 11) is 0. The topological polar surface area (TPSA) is 62.5 Å². The first-order valence-corrected chi connectivity index (χ1v) is 8.87. The van der Waals surface area contributed by atoms with Gasteiger partial charge in [0.15, 0.2) is 11.6 Å². The second kappa shape index (κ2) is 7.36. The molecule has 138 valence electrons. The van der Waals surface area contributed by atoms with Crippen LogP contribution in [0.4, 0.5) is 10.2 Å². The van der Waals surface area contributed by atoms with E-state index in [1.165, 1.54) is 18.2 Å². The van der Waals surface area contributed by atoms with Crippen molar-refractivity contribution in [1.82, 2.24) is 15.1 Å². The molecule has 1 amide bonds. The van der Waals surface area contributed by atoms with Crippen molar-refractivity contribution < 1.29 is 13.6 Å². The van der Waals surface area contributed by atoms with Crippen molar-refractivity contribution in [3.8, 4) is 11.5 Å². The summed E-state index contributed by atoms with van der Waals surface area (Å²) in [6, 6.07) is 11.6. The number of hydrogen-bond donors (Lipinski definition) is 0. The minimum Gasteiger partial charge on any atom is -0.463 e. The largest absolute Gasteiger partial charge is 0.463 e. The zero-order chi connectivity index (χ0) is 18.8. The molecule has 6 nitrogen and oxygen atoms in total. The molecule has 0 saturated carbocycles. The van der Waals surface area contributed by atoms with Gasteiger partial charge in [0, 0.05) is 26.2 Å². The summed E-state index contributed by atoms with van der Waals surface area (Å²) >= 11 is 6.00. The van der Waals surface area contributed by atoms with Crippen LogP contribution in [-0.4, -0.2) is 47.2 Å². The van der Waals surface area contributed by atoms with Crippen molar-refractivity contribution in [3.63, 3.8) is 0 Å². The molecule has 0 bridgehead atoms. The number of aromatic nitrogens is 2. The van der Waals surface area contributed by atoms with Gasteiger partial charge in [0.1, 0.15) is 11.5 Å². The van der Waals surface area contributed by atoms with Crippen molar-refractivity contribution in [1.29, 1.82) is 0 Å². The molecular weight excluding hydrogens is 371 g/mol. The van der Waals surface area contributed by atoms with Crippen LogP contribution in [0.25, 0.3) is 11.5 Å². The molecule has 1 aromatic carbocycles. The highest BCUT2D eigenvalue weighted by Gasteiger charge is 2.26. The summed E-state index contributed by atoms with van der Waals surface area (Å²) in [6.45, 7) is 2.05. The number of anilines is 1. The van der Waals surface area contributed by atoms with Crippen LogP contribution in [-0.2, 0) is 0 Å². The lowest BCUT2D eigenvalue weighted by molar-refractivity contribution is 0.0742. The second-order valence-electron chi connectivity index (χ2n) is 6.13. The maximum Gasteiger partial charge on any atom is 0.258 e. The zero-order valence-corrected chi connectivity index (χ0v) is 15.1. The van der Waals surface area contributed by atoms with E-state index in [2.05, 4.69) is 10.2 Å². The molecule has 0 atom stereocenters. The van der Waals surface area contributed by atoms with Crippen LogP contribution in [0.1, 0.15) is 10.4 Å². The standard InChI is InChI=1S/C19H16ClFN4O2/c20-13-3-1-4-14(21)18(13)19(26)25-10-8-24(9-11-25)17-7-6-15(22-23-17)16-5-2-12-27-16/h1-7,12H,8-11H2. The Bertz CT molecular complexity index is 919. The molecule has 27 heavy (non-hydrogen) atoms. The Hall–Kier alpha value is -2.93. The average Bonchev–Trinajstić information content (AvgIpc) is 3.23. The summed E-state index contributed by atoms with van der Waals surface area (Å²) in [5.74, 6) is 0.388. The van der Waals surface area contributed by atoms with Crippen molar-refractivity contribution in [2.24, 2.45) is 0 Å². The lowest BCUT2D eigenvalue weighted by Crippen LogP contribution is -2.49. The molecule has 8 heteroatoms. The van der Waals surface area contributed by atoms with Crippen LogP contribution in [0.2, 0.25) is 5.02 Å². The van der Waals surface area contributed by atoms with Crippen LogP contribution in [0.3, 0.4) is 0 Å². The number of amides is 1. The molecule has 0 radical (unpaired) electrons. The molecule has 0 unspecified atom stereocenters. The Morgan fingerprint density at radius 3 is 2.48 bits per heavy atom. The van der Waals surface area contributed by atoms with E-state index in [1.54, 1.807) is 17.2 Å². The van der Waals surface area contributed by atoms with Crippen molar-refractivity contribution >= 4 is 23.3 Å². The maximum absolute atomic E-state index is 14.0. The summed E-state index contributed by atoms with van der Waals surface area (Å²) in [4.78, 5) is 16.2.